The van der Waals surface area contributed by atoms with Crippen molar-refractivity contribution in [1.29, 1.82) is 0 Å². The van der Waals surface area contributed by atoms with E-state index in [1.54, 1.807) is 42.1 Å². The standard InChI is InChI=1S/C22H24N2O3S2/c1-15(2)21(22(25)23-18-9-11-19(28-3)12-10-18)24-29(26,27)20-13-8-16-6-4-5-7-17(16)14-20/h4-15,21,24H,1-3H3,(H,23,25)/t21-/m0/s1. The molecule has 152 valence electrons. The van der Waals surface area contributed by atoms with Gasteiger partial charge in [0.05, 0.1) is 4.90 Å². The quantitative estimate of drug-likeness (QED) is 0.543. The Kier molecular flexibility index (Phi) is 6.62. The zero-order valence-corrected chi connectivity index (χ0v) is 18.2. The number of amides is 1. The molecule has 0 radical (unpaired) electrons. The minimum absolute atomic E-state index is 0.138. The van der Waals surface area contributed by atoms with Crippen molar-refractivity contribution in [3.63, 3.8) is 0 Å². The molecule has 0 spiro atoms. The number of hydrogen-bond acceptors (Lipinski definition) is 4. The van der Waals surface area contributed by atoms with Crippen molar-refractivity contribution in [2.24, 2.45) is 5.92 Å². The smallest absolute Gasteiger partial charge is 0.242 e. The van der Waals surface area contributed by atoms with Crippen LogP contribution in [-0.4, -0.2) is 26.6 Å². The number of benzene rings is 3. The highest BCUT2D eigenvalue weighted by atomic mass is 32.2. The highest BCUT2D eigenvalue weighted by molar-refractivity contribution is 7.98. The predicted molar refractivity (Wildman–Crippen MR) is 120 cm³/mol. The number of anilines is 1. The number of carbonyl (C=O) groups is 1. The number of rotatable bonds is 7. The Hall–Kier alpha value is -2.35. The van der Waals surface area contributed by atoms with Crippen LogP contribution in [0.2, 0.25) is 0 Å². The second-order valence-corrected chi connectivity index (χ2v) is 9.66. The molecule has 0 aliphatic rings. The molecule has 0 saturated carbocycles. The fourth-order valence-corrected chi connectivity index (χ4v) is 4.74. The van der Waals surface area contributed by atoms with Crippen LogP contribution in [0.25, 0.3) is 10.8 Å². The maximum atomic E-state index is 12.9. The van der Waals surface area contributed by atoms with Crippen LogP contribution in [0.3, 0.4) is 0 Å². The van der Waals surface area contributed by atoms with Gasteiger partial charge in [-0.2, -0.15) is 4.72 Å². The van der Waals surface area contributed by atoms with E-state index in [4.69, 9.17) is 0 Å². The van der Waals surface area contributed by atoms with E-state index in [-0.39, 0.29) is 16.7 Å². The maximum Gasteiger partial charge on any atom is 0.242 e. The van der Waals surface area contributed by atoms with Crippen molar-refractivity contribution in [2.45, 2.75) is 29.7 Å². The number of carbonyl (C=O) groups excluding carboxylic acids is 1. The second kappa shape index (κ2) is 8.98. The van der Waals surface area contributed by atoms with Crippen LogP contribution in [-0.2, 0) is 14.8 Å². The summed E-state index contributed by atoms with van der Waals surface area (Å²) in [5.74, 6) is -0.614. The van der Waals surface area contributed by atoms with Crippen LogP contribution in [0, 0.1) is 5.92 Å². The average Bonchev–Trinajstić information content (AvgIpc) is 2.72. The van der Waals surface area contributed by atoms with Gasteiger partial charge >= 0.3 is 0 Å². The SMILES string of the molecule is CSc1ccc(NC(=O)[C@@H](NS(=O)(=O)c2ccc3ccccc3c2)C(C)C)cc1. The Morgan fingerprint density at radius 3 is 2.21 bits per heavy atom. The lowest BCUT2D eigenvalue weighted by atomic mass is 10.0. The third-order valence-corrected chi connectivity index (χ3v) is 6.80. The van der Waals surface area contributed by atoms with Crippen LogP contribution >= 0.6 is 11.8 Å². The fourth-order valence-electron chi connectivity index (χ4n) is 2.96. The highest BCUT2D eigenvalue weighted by Crippen LogP contribution is 2.21. The van der Waals surface area contributed by atoms with Gasteiger partial charge in [-0.25, -0.2) is 8.42 Å². The molecule has 1 atom stereocenters. The normalized spacial score (nSPS) is 12.8. The molecular formula is C22H24N2O3S2. The molecule has 0 aliphatic heterocycles. The van der Waals surface area contributed by atoms with Crippen molar-refractivity contribution < 1.29 is 13.2 Å². The summed E-state index contributed by atoms with van der Waals surface area (Å²) >= 11 is 1.61. The largest absolute Gasteiger partial charge is 0.325 e. The van der Waals surface area contributed by atoms with E-state index in [1.165, 1.54) is 0 Å². The monoisotopic (exact) mass is 428 g/mol. The van der Waals surface area contributed by atoms with Crippen molar-refractivity contribution in [1.82, 2.24) is 4.72 Å². The Labute approximate surface area is 176 Å². The maximum absolute atomic E-state index is 12.9. The Balaban J connectivity index is 1.81. The van der Waals surface area contributed by atoms with Gasteiger partial charge in [-0.3, -0.25) is 4.79 Å². The molecule has 2 N–H and O–H groups in total. The van der Waals surface area contributed by atoms with Gasteiger partial charge in [-0.05, 0) is 59.3 Å². The molecule has 0 fully saturated rings. The Bertz CT molecular complexity index is 1110. The molecule has 0 aromatic heterocycles. The molecule has 5 nitrogen and oxygen atoms in total. The summed E-state index contributed by atoms with van der Waals surface area (Å²) in [6.07, 6.45) is 1.98. The summed E-state index contributed by atoms with van der Waals surface area (Å²) < 4.78 is 28.4. The second-order valence-electron chi connectivity index (χ2n) is 7.07. The van der Waals surface area contributed by atoms with E-state index in [1.807, 2.05) is 56.5 Å². The Morgan fingerprint density at radius 1 is 0.931 bits per heavy atom. The molecule has 0 heterocycles. The minimum atomic E-state index is -3.86. The van der Waals surface area contributed by atoms with Gasteiger partial charge in [0, 0.05) is 10.6 Å². The molecule has 0 saturated heterocycles. The summed E-state index contributed by atoms with van der Waals surface area (Å²) in [4.78, 5) is 14.0. The van der Waals surface area contributed by atoms with Crippen LogP contribution in [0.5, 0.6) is 0 Å². The number of sulfonamides is 1. The predicted octanol–water partition coefficient (Wildman–Crippen LogP) is 4.50. The van der Waals surface area contributed by atoms with Crippen LogP contribution in [0.15, 0.2) is 76.5 Å². The van der Waals surface area contributed by atoms with Gasteiger partial charge in [0.15, 0.2) is 0 Å². The molecule has 3 rings (SSSR count). The zero-order chi connectivity index (χ0) is 21.0. The molecule has 3 aromatic carbocycles. The lowest BCUT2D eigenvalue weighted by Gasteiger charge is -2.22. The average molecular weight is 429 g/mol. The first-order valence-corrected chi connectivity index (χ1v) is 12.0. The van der Waals surface area contributed by atoms with Crippen molar-refractivity contribution in [3.05, 3.63) is 66.7 Å². The van der Waals surface area contributed by atoms with E-state index >= 15 is 0 Å². The third kappa shape index (κ3) is 5.18. The van der Waals surface area contributed by atoms with Crippen LogP contribution in [0.4, 0.5) is 5.69 Å². The van der Waals surface area contributed by atoms with E-state index in [0.29, 0.717) is 5.69 Å². The summed E-state index contributed by atoms with van der Waals surface area (Å²) in [6, 6.07) is 19.0. The van der Waals surface area contributed by atoms with Crippen molar-refractivity contribution in [2.75, 3.05) is 11.6 Å². The zero-order valence-electron chi connectivity index (χ0n) is 16.5. The van der Waals surface area contributed by atoms with Crippen molar-refractivity contribution in [3.8, 4) is 0 Å². The number of nitrogens with one attached hydrogen (secondary N) is 2. The van der Waals surface area contributed by atoms with Gasteiger partial charge in [-0.15, -0.1) is 11.8 Å². The lowest BCUT2D eigenvalue weighted by molar-refractivity contribution is -0.118. The molecule has 0 unspecified atom stereocenters. The topological polar surface area (TPSA) is 75.3 Å². The minimum Gasteiger partial charge on any atom is -0.325 e. The first kappa shape index (κ1) is 21.4. The van der Waals surface area contributed by atoms with Crippen LogP contribution in [0.1, 0.15) is 13.8 Å². The van der Waals surface area contributed by atoms with Gasteiger partial charge in [-0.1, -0.05) is 44.2 Å². The molecule has 1 amide bonds. The van der Waals surface area contributed by atoms with E-state index < -0.39 is 16.1 Å². The molecule has 0 bridgehead atoms. The molecule has 29 heavy (non-hydrogen) atoms. The highest BCUT2D eigenvalue weighted by Gasteiger charge is 2.28. The fraction of sp³-hybridized carbons (Fsp3) is 0.227. The van der Waals surface area contributed by atoms with Crippen LogP contribution < -0.4 is 10.0 Å². The van der Waals surface area contributed by atoms with E-state index in [9.17, 15) is 13.2 Å². The number of thioether (sulfide) groups is 1. The molecule has 7 heteroatoms. The Morgan fingerprint density at radius 2 is 1.59 bits per heavy atom. The summed E-state index contributed by atoms with van der Waals surface area (Å²) in [5.41, 5.74) is 0.628. The number of fused-ring (bicyclic) bond motifs is 1. The molecular weight excluding hydrogens is 404 g/mol. The van der Waals surface area contributed by atoms with Gasteiger partial charge < -0.3 is 5.32 Å². The van der Waals surface area contributed by atoms with Gasteiger partial charge in [0.25, 0.3) is 0 Å². The van der Waals surface area contributed by atoms with Crippen molar-refractivity contribution >= 4 is 44.2 Å². The molecule has 3 aromatic rings. The summed E-state index contributed by atoms with van der Waals surface area (Å²) in [7, 11) is -3.86. The first-order valence-electron chi connectivity index (χ1n) is 9.26. The summed E-state index contributed by atoms with van der Waals surface area (Å²) in [5, 5.41) is 4.59. The van der Waals surface area contributed by atoms with Gasteiger partial charge in [0.1, 0.15) is 6.04 Å². The third-order valence-electron chi connectivity index (χ3n) is 4.62. The number of hydrogen-bond donors (Lipinski definition) is 2. The lowest BCUT2D eigenvalue weighted by Crippen LogP contribution is -2.47. The first-order chi connectivity index (χ1) is 13.8. The summed E-state index contributed by atoms with van der Waals surface area (Å²) in [6.45, 7) is 3.62. The van der Waals surface area contributed by atoms with Gasteiger partial charge in [0.2, 0.25) is 15.9 Å². The van der Waals surface area contributed by atoms with E-state index in [0.717, 1.165) is 15.7 Å². The van der Waals surface area contributed by atoms with E-state index in [2.05, 4.69) is 10.0 Å². The molecule has 0 aliphatic carbocycles.